The van der Waals surface area contributed by atoms with Crippen molar-refractivity contribution in [1.29, 1.82) is 0 Å². The van der Waals surface area contributed by atoms with Crippen molar-refractivity contribution >= 4 is 38.4 Å². The quantitative estimate of drug-likeness (QED) is 0.379. The smallest absolute Gasteiger partial charge is 0.238 e. The van der Waals surface area contributed by atoms with Crippen LogP contribution in [0.25, 0.3) is 10.9 Å². The van der Waals surface area contributed by atoms with Crippen LogP contribution < -0.4 is 15.5 Å². The highest BCUT2D eigenvalue weighted by molar-refractivity contribution is 7.89. The number of fused-ring (bicyclic) bond motifs is 1. The maximum atomic E-state index is 11.8. The Kier molecular flexibility index (Phi) is 5.55. The number of primary sulfonamides is 1. The van der Waals surface area contributed by atoms with E-state index in [9.17, 15) is 13.6 Å². The fourth-order valence-electron chi connectivity index (χ4n) is 3.40. The van der Waals surface area contributed by atoms with Crippen molar-refractivity contribution in [3.05, 3.63) is 65.5 Å². The molecular weight excluding hydrogens is 430 g/mol. The summed E-state index contributed by atoms with van der Waals surface area (Å²) in [4.78, 5) is 8.47. The highest BCUT2D eigenvalue weighted by Crippen LogP contribution is 2.23. The highest BCUT2D eigenvalue weighted by atomic mass is 32.2. The summed E-state index contributed by atoms with van der Waals surface area (Å²) in [6.07, 6.45) is 1.49. The Hall–Kier alpha value is -3.54. The number of rotatable bonds is 6. The molecule has 2 heterocycles. The molecule has 2 aromatic carbocycles. The Balaban J connectivity index is 1.54. The second-order valence-corrected chi connectivity index (χ2v) is 9.04. The number of anilines is 3. The zero-order valence-corrected chi connectivity index (χ0v) is 18.6. The number of sulfonamides is 1. The van der Waals surface area contributed by atoms with Crippen LogP contribution in [0, 0.1) is 13.8 Å². The third-order valence-corrected chi connectivity index (χ3v) is 6.24. The molecule has 0 atom stereocenters. The third kappa shape index (κ3) is 4.40. The number of aryl methyl sites for hydroxylation is 3. The van der Waals surface area contributed by atoms with Crippen molar-refractivity contribution in [2.45, 2.75) is 25.3 Å². The lowest BCUT2D eigenvalue weighted by atomic mass is 10.1. The van der Waals surface area contributed by atoms with Crippen LogP contribution in [0.1, 0.15) is 16.8 Å². The minimum absolute atomic E-state index is 0.0163. The van der Waals surface area contributed by atoms with Gasteiger partial charge in [-0.2, -0.15) is 10.1 Å². The number of nitrogens with zero attached hydrogens (tertiary/aromatic N) is 5. The molecule has 0 spiro atoms. The SMILES string of the molecule is Cc1ccc(Nc2nccc(N(O)Cc3ccc4c(C)n(C)nc4c3)n2)cc1S(N)(=O)=O. The Morgan fingerprint density at radius 3 is 2.69 bits per heavy atom. The molecule has 0 radical (unpaired) electrons. The molecule has 166 valence electrons. The van der Waals surface area contributed by atoms with Crippen LogP contribution in [-0.2, 0) is 23.6 Å². The predicted molar refractivity (Wildman–Crippen MR) is 121 cm³/mol. The fourth-order valence-corrected chi connectivity index (χ4v) is 4.20. The van der Waals surface area contributed by atoms with Crippen molar-refractivity contribution in [1.82, 2.24) is 19.7 Å². The van der Waals surface area contributed by atoms with Gasteiger partial charge in [0.25, 0.3) is 0 Å². The first-order valence-corrected chi connectivity index (χ1v) is 11.3. The van der Waals surface area contributed by atoms with Crippen LogP contribution in [-0.4, -0.2) is 33.4 Å². The summed E-state index contributed by atoms with van der Waals surface area (Å²) in [6, 6.07) is 12.2. The van der Waals surface area contributed by atoms with E-state index in [-0.39, 0.29) is 23.2 Å². The summed E-state index contributed by atoms with van der Waals surface area (Å²) in [6.45, 7) is 3.86. The lowest BCUT2D eigenvalue weighted by molar-refractivity contribution is 0.246. The topological polar surface area (TPSA) is 139 Å². The van der Waals surface area contributed by atoms with Crippen LogP contribution >= 0.6 is 0 Å². The average molecular weight is 454 g/mol. The molecule has 10 nitrogen and oxygen atoms in total. The summed E-state index contributed by atoms with van der Waals surface area (Å²) in [5, 5.41) is 25.3. The summed E-state index contributed by atoms with van der Waals surface area (Å²) in [5.74, 6) is 0.472. The van der Waals surface area contributed by atoms with E-state index in [2.05, 4.69) is 20.4 Å². The molecule has 0 aliphatic heterocycles. The molecule has 4 aromatic rings. The highest BCUT2D eigenvalue weighted by Gasteiger charge is 2.14. The largest absolute Gasteiger partial charge is 0.324 e. The zero-order chi connectivity index (χ0) is 23.0. The first kappa shape index (κ1) is 21.7. The van der Waals surface area contributed by atoms with E-state index in [1.54, 1.807) is 25.1 Å². The first-order chi connectivity index (χ1) is 15.1. The van der Waals surface area contributed by atoms with Crippen LogP contribution in [0.3, 0.4) is 0 Å². The summed E-state index contributed by atoms with van der Waals surface area (Å²) in [5.41, 5.74) is 3.78. The van der Waals surface area contributed by atoms with Gasteiger partial charge < -0.3 is 5.32 Å². The van der Waals surface area contributed by atoms with Crippen LogP contribution in [0.4, 0.5) is 17.5 Å². The van der Waals surface area contributed by atoms with Gasteiger partial charge in [-0.05, 0) is 43.2 Å². The maximum Gasteiger partial charge on any atom is 0.238 e. The van der Waals surface area contributed by atoms with Gasteiger partial charge in [-0.1, -0.05) is 18.2 Å². The van der Waals surface area contributed by atoms with Crippen LogP contribution in [0.15, 0.2) is 53.6 Å². The monoisotopic (exact) mass is 453 g/mol. The normalized spacial score (nSPS) is 11.7. The van der Waals surface area contributed by atoms with Gasteiger partial charge in [0.1, 0.15) is 0 Å². The maximum absolute atomic E-state index is 11.8. The van der Waals surface area contributed by atoms with Crippen molar-refractivity contribution in [2.24, 2.45) is 12.2 Å². The first-order valence-electron chi connectivity index (χ1n) is 9.74. The van der Waals surface area contributed by atoms with Crippen LogP contribution in [0.2, 0.25) is 0 Å². The molecule has 11 heteroatoms. The Bertz CT molecular complexity index is 1420. The van der Waals surface area contributed by atoms with Gasteiger partial charge >= 0.3 is 0 Å². The molecule has 0 bridgehead atoms. The number of hydrogen-bond acceptors (Lipinski definition) is 8. The molecule has 0 fully saturated rings. The lowest BCUT2D eigenvalue weighted by Crippen LogP contribution is -2.19. The number of aromatic nitrogens is 4. The van der Waals surface area contributed by atoms with Crippen molar-refractivity contribution < 1.29 is 13.6 Å². The Morgan fingerprint density at radius 1 is 1.16 bits per heavy atom. The number of nitrogens with one attached hydrogen (secondary N) is 1. The standard InChI is InChI=1S/C21H23N7O3S/c1-13-4-6-16(11-19(13)32(22,30)31)24-21-23-9-8-20(25-21)28(29)12-15-5-7-17-14(2)27(3)26-18(17)10-15/h4-11,29H,12H2,1-3H3,(H2,22,30,31)(H,23,24,25). The Labute approximate surface area is 185 Å². The molecular formula is C21H23N7O3S. The molecule has 32 heavy (non-hydrogen) atoms. The second kappa shape index (κ2) is 8.19. The fraction of sp³-hybridized carbons (Fsp3) is 0.190. The van der Waals surface area contributed by atoms with E-state index < -0.39 is 10.0 Å². The summed E-state index contributed by atoms with van der Waals surface area (Å²) in [7, 11) is -1.97. The molecule has 0 saturated carbocycles. The third-order valence-electron chi connectivity index (χ3n) is 5.18. The van der Waals surface area contributed by atoms with Gasteiger partial charge in [0, 0.05) is 36.1 Å². The van der Waals surface area contributed by atoms with E-state index >= 15 is 0 Å². The van der Waals surface area contributed by atoms with Gasteiger partial charge in [-0.3, -0.25) is 9.89 Å². The van der Waals surface area contributed by atoms with Gasteiger partial charge in [0.2, 0.25) is 16.0 Å². The molecule has 0 saturated heterocycles. The van der Waals surface area contributed by atoms with Gasteiger partial charge in [-0.15, -0.1) is 0 Å². The minimum Gasteiger partial charge on any atom is -0.324 e. The molecule has 0 unspecified atom stereocenters. The van der Waals surface area contributed by atoms with Gasteiger partial charge in [-0.25, -0.2) is 23.6 Å². The molecule has 0 amide bonds. The summed E-state index contributed by atoms with van der Waals surface area (Å²) >= 11 is 0. The number of hydrogen-bond donors (Lipinski definition) is 3. The molecule has 4 rings (SSSR count). The lowest BCUT2D eigenvalue weighted by Gasteiger charge is -2.17. The van der Waals surface area contributed by atoms with E-state index in [1.165, 1.54) is 12.3 Å². The molecule has 2 aromatic heterocycles. The Morgan fingerprint density at radius 2 is 1.94 bits per heavy atom. The molecule has 4 N–H and O–H groups in total. The van der Waals surface area contributed by atoms with E-state index in [0.717, 1.165) is 27.2 Å². The van der Waals surface area contributed by atoms with Gasteiger partial charge in [0.05, 0.1) is 17.0 Å². The predicted octanol–water partition coefficient (Wildman–Crippen LogP) is 2.77. The number of nitrogens with two attached hydrogens (primary N) is 1. The van der Waals surface area contributed by atoms with Crippen molar-refractivity contribution in [3.63, 3.8) is 0 Å². The zero-order valence-electron chi connectivity index (χ0n) is 17.8. The van der Waals surface area contributed by atoms with E-state index in [0.29, 0.717) is 11.3 Å². The van der Waals surface area contributed by atoms with E-state index in [4.69, 9.17) is 5.14 Å². The van der Waals surface area contributed by atoms with Crippen LogP contribution in [0.5, 0.6) is 0 Å². The average Bonchev–Trinajstić information content (AvgIpc) is 3.02. The molecule has 0 aliphatic rings. The number of hydroxylamine groups is 1. The minimum atomic E-state index is -3.86. The van der Waals surface area contributed by atoms with E-state index in [1.807, 2.05) is 36.9 Å². The second-order valence-electron chi connectivity index (χ2n) is 7.51. The van der Waals surface area contributed by atoms with Gasteiger partial charge in [0.15, 0.2) is 5.82 Å². The summed E-state index contributed by atoms with van der Waals surface area (Å²) < 4.78 is 25.3. The molecule has 0 aliphatic carbocycles. The number of benzene rings is 2. The van der Waals surface area contributed by atoms with Crippen molar-refractivity contribution in [3.8, 4) is 0 Å². The van der Waals surface area contributed by atoms with Crippen molar-refractivity contribution in [2.75, 3.05) is 10.4 Å².